The van der Waals surface area contributed by atoms with Crippen molar-refractivity contribution in [2.24, 2.45) is 0 Å². The molecule has 78 valence electrons. The monoisotopic (exact) mass is 259 g/mol. The lowest BCUT2D eigenvalue weighted by molar-refractivity contribution is -0.122. The molecule has 0 radical (unpaired) electrons. The van der Waals surface area contributed by atoms with Crippen LogP contribution in [0, 0.1) is 0 Å². The van der Waals surface area contributed by atoms with Crippen LogP contribution in [0.3, 0.4) is 0 Å². The van der Waals surface area contributed by atoms with Crippen LogP contribution in [-0.2, 0) is 11.2 Å². The van der Waals surface area contributed by atoms with Gasteiger partial charge in [-0.3, -0.25) is 4.79 Å². The maximum atomic E-state index is 11.4. The molecule has 4 heteroatoms. The molecule has 0 fully saturated rings. The first-order valence-corrected chi connectivity index (χ1v) is 5.29. The molecule has 1 aromatic heterocycles. The summed E-state index contributed by atoms with van der Waals surface area (Å²) in [7, 11) is 0. The largest absolute Gasteiger partial charge is 0.469 e. The molecule has 0 aliphatic carbocycles. The molecule has 0 unspecified atom stereocenters. The van der Waals surface area contributed by atoms with Gasteiger partial charge in [0.05, 0.1) is 10.6 Å². The summed E-state index contributed by atoms with van der Waals surface area (Å²) in [6.07, 6.45) is 2.35. The minimum absolute atomic E-state index is 0.0101. The van der Waals surface area contributed by atoms with Gasteiger partial charge in [0, 0.05) is 13.0 Å². The van der Waals surface area contributed by atoms with Crippen molar-refractivity contribution in [1.29, 1.82) is 0 Å². The van der Waals surface area contributed by atoms with Crippen molar-refractivity contribution in [2.45, 2.75) is 24.6 Å². The highest BCUT2D eigenvalue weighted by Gasteiger charge is 2.22. The van der Waals surface area contributed by atoms with E-state index in [1.165, 1.54) is 0 Å². The summed E-state index contributed by atoms with van der Waals surface area (Å²) in [6.45, 7) is 4.23. The Balaban J connectivity index is 2.26. The Morgan fingerprint density at radius 1 is 1.64 bits per heavy atom. The molecule has 0 atom stereocenters. The van der Waals surface area contributed by atoms with Crippen molar-refractivity contribution < 1.29 is 9.21 Å². The summed E-state index contributed by atoms with van der Waals surface area (Å²) in [5.41, 5.74) is 0. The quantitative estimate of drug-likeness (QED) is 0.842. The van der Waals surface area contributed by atoms with Crippen LogP contribution >= 0.6 is 15.9 Å². The number of furan rings is 1. The first kappa shape index (κ1) is 11.3. The van der Waals surface area contributed by atoms with Crippen LogP contribution in [0.4, 0.5) is 0 Å². The Morgan fingerprint density at radius 2 is 2.36 bits per heavy atom. The smallest absolute Gasteiger partial charge is 0.236 e. The number of rotatable bonds is 4. The predicted octanol–water partition coefficient (Wildman–Crippen LogP) is 2.11. The van der Waals surface area contributed by atoms with Gasteiger partial charge >= 0.3 is 0 Å². The van der Waals surface area contributed by atoms with E-state index < -0.39 is 4.32 Å². The number of hydrogen-bond acceptors (Lipinski definition) is 2. The van der Waals surface area contributed by atoms with Crippen LogP contribution in [0.25, 0.3) is 0 Å². The first-order chi connectivity index (χ1) is 6.50. The lowest BCUT2D eigenvalue weighted by Gasteiger charge is -2.15. The molecule has 14 heavy (non-hydrogen) atoms. The summed E-state index contributed by atoms with van der Waals surface area (Å²) in [5, 5.41) is 2.82. The molecule has 1 rings (SSSR count). The van der Waals surface area contributed by atoms with Crippen molar-refractivity contribution in [3.05, 3.63) is 24.2 Å². The minimum Gasteiger partial charge on any atom is -0.469 e. The van der Waals surface area contributed by atoms with E-state index in [2.05, 4.69) is 21.2 Å². The van der Waals surface area contributed by atoms with Crippen LogP contribution < -0.4 is 5.32 Å². The van der Waals surface area contributed by atoms with Gasteiger partial charge in [0.1, 0.15) is 5.76 Å². The Morgan fingerprint density at radius 3 is 2.86 bits per heavy atom. The molecule has 0 aromatic carbocycles. The van der Waals surface area contributed by atoms with Crippen molar-refractivity contribution in [1.82, 2.24) is 5.32 Å². The molecule has 0 spiro atoms. The Hall–Kier alpha value is -0.770. The molecule has 0 saturated heterocycles. The van der Waals surface area contributed by atoms with Crippen molar-refractivity contribution in [2.75, 3.05) is 6.54 Å². The van der Waals surface area contributed by atoms with Gasteiger partial charge in [-0.25, -0.2) is 0 Å². The van der Waals surface area contributed by atoms with Crippen LogP contribution in [0.2, 0.25) is 0 Å². The zero-order chi connectivity index (χ0) is 10.6. The maximum absolute atomic E-state index is 11.4. The summed E-state index contributed by atoms with van der Waals surface area (Å²) in [6, 6.07) is 3.73. The van der Waals surface area contributed by atoms with Gasteiger partial charge in [0.15, 0.2) is 0 Å². The maximum Gasteiger partial charge on any atom is 0.236 e. The second kappa shape index (κ2) is 4.64. The minimum atomic E-state index is -0.504. The highest BCUT2D eigenvalue weighted by molar-refractivity contribution is 9.10. The van der Waals surface area contributed by atoms with E-state index in [0.717, 1.165) is 12.2 Å². The van der Waals surface area contributed by atoms with Gasteiger partial charge in [0.2, 0.25) is 5.91 Å². The topological polar surface area (TPSA) is 42.2 Å². The number of carbonyl (C=O) groups excluding carboxylic acids is 1. The Kier molecular flexibility index (Phi) is 3.75. The van der Waals surface area contributed by atoms with Crippen LogP contribution in [-0.4, -0.2) is 16.8 Å². The third-order valence-corrected chi connectivity index (χ3v) is 2.14. The van der Waals surface area contributed by atoms with E-state index >= 15 is 0 Å². The molecular weight excluding hydrogens is 246 g/mol. The molecule has 0 saturated carbocycles. The lowest BCUT2D eigenvalue weighted by atomic mass is 10.2. The Labute approximate surface area is 92.0 Å². The highest BCUT2D eigenvalue weighted by atomic mass is 79.9. The molecule has 1 amide bonds. The number of amides is 1. The van der Waals surface area contributed by atoms with E-state index in [-0.39, 0.29) is 5.91 Å². The second-order valence-corrected chi connectivity index (χ2v) is 5.54. The van der Waals surface area contributed by atoms with E-state index in [0.29, 0.717) is 6.54 Å². The van der Waals surface area contributed by atoms with Gasteiger partial charge in [-0.05, 0) is 26.0 Å². The zero-order valence-electron chi connectivity index (χ0n) is 8.34. The van der Waals surface area contributed by atoms with E-state index in [9.17, 15) is 4.79 Å². The molecule has 3 nitrogen and oxygen atoms in total. The highest BCUT2D eigenvalue weighted by Crippen LogP contribution is 2.15. The molecule has 1 heterocycles. The Bertz CT molecular complexity index is 288. The number of halogens is 1. The lowest BCUT2D eigenvalue weighted by Crippen LogP contribution is -2.38. The van der Waals surface area contributed by atoms with E-state index in [4.69, 9.17) is 4.42 Å². The van der Waals surface area contributed by atoms with Crippen molar-refractivity contribution in [3.63, 3.8) is 0 Å². The van der Waals surface area contributed by atoms with Crippen molar-refractivity contribution >= 4 is 21.8 Å². The standard InChI is InChI=1S/C10H14BrNO2/c1-10(2,11)9(13)12-6-5-8-4-3-7-14-8/h3-4,7H,5-6H2,1-2H3,(H,12,13). The number of hydrogen-bond donors (Lipinski definition) is 1. The third kappa shape index (κ3) is 3.54. The van der Waals surface area contributed by atoms with Gasteiger partial charge in [-0.15, -0.1) is 0 Å². The average molecular weight is 260 g/mol. The number of nitrogens with one attached hydrogen (secondary N) is 1. The van der Waals surface area contributed by atoms with Gasteiger partial charge < -0.3 is 9.73 Å². The zero-order valence-corrected chi connectivity index (χ0v) is 9.93. The van der Waals surface area contributed by atoms with E-state index in [1.807, 2.05) is 26.0 Å². The number of alkyl halides is 1. The van der Waals surface area contributed by atoms with Gasteiger partial charge in [-0.2, -0.15) is 0 Å². The fourth-order valence-corrected chi connectivity index (χ4v) is 1.10. The normalized spacial score (nSPS) is 11.4. The average Bonchev–Trinajstić information content (AvgIpc) is 2.55. The molecule has 0 aliphatic rings. The molecule has 0 aliphatic heterocycles. The van der Waals surface area contributed by atoms with Gasteiger partial charge in [-0.1, -0.05) is 15.9 Å². The summed E-state index contributed by atoms with van der Waals surface area (Å²) < 4.78 is 4.63. The summed E-state index contributed by atoms with van der Waals surface area (Å²) in [5.74, 6) is 0.877. The van der Waals surface area contributed by atoms with Crippen LogP contribution in [0.1, 0.15) is 19.6 Å². The fraction of sp³-hybridized carbons (Fsp3) is 0.500. The second-order valence-electron chi connectivity index (χ2n) is 3.56. The fourth-order valence-electron chi connectivity index (χ4n) is 0.964. The molecule has 0 bridgehead atoms. The summed E-state index contributed by atoms with van der Waals surface area (Å²) >= 11 is 3.29. The molecular formula is C10H14BrNO2. The van der Waals surface area contributed by atoms with E-state index in [1.54, 1.807) is 6.26 Å². The molecule has 1 N–H and O–H groups in total. The van der Waals surface area contributed by atoms with Crippen LogP contribution in [0.15, 0.2) is 22.8 Å². The van der Waals surface area contributed by atoms with Gasteiger partial charge in [0.25, 0.3) is 0 Å². The number of carbonyl (C=O) groups is 1. The molecule has 1 aromatic rings. The third-order valence-electron chi connectivity index (χ3n) is 1.78. The first-order valence-electron chi connectivity index (χ1n) is 4.50. The van der Waals surface area contributed by atoms with Crippen molar-refractivity contribution in [3.8, 4) is 0 Å². The predicted molar refractivity (Wildman–Crippen MR) is 58.4 cm³/mol. The van der Waals surface area contributed by atoms with Crippen LogP contribution in [0.5, 0.6) is 0 Å². The summed E-state index contributed by atoms with van der Waals surface area (Å²) in [4.78, 5) is 11.4. The SMILES string of the molecule is CC(C)(Br)C(=O)NCCc1ccco1.